The Kier molecular flexibility index (Phi) is 5.43. The lowest BCUT2D eigenvalue weighted by Gasteiger charge is -2.54. The van der Waals surface area contributed by atoms with E-state index in [0.717, 1.165) is 53.2 Å². The third kappa shape index (κ3) is 3.43. The Morgan fingerprint density at radius 2 is 2.12 bits per heavy atom. The van der Waals surface area contributed by atoms with Gasteiger partial charge in [-0.05, 0) is 83.1 Å². The van der Waals surface area contributed by atoms with Gasteiger partial charge in [-0.2, -0.15) is 0 Å². The number of phenols is 1. The molecular formula is C26H30BrN3O3. The Balaban J connectivity index is 1.53. The van der Waals surface area contributed by atoms with Crippen molar-refractivity contribution in [1.82, 2.24) is 9.97 Å². The fraction of sp³-hybridized carbons (Fsp3) is 0.462. The number of H-pyrrole nitrogens is 1. The Bertz CT molecular complexity index is 1240. The van der Waals surface area contributed by atoms with Crippen molar-refractivity contribution < 1.29 is 14.6 Å². The Morgan fingerprint density at radius 3 is 2.88 bits per heavy atom. The van der Waals surface area contributed by atoms with Crippen LogP contribution in [0.4, 0.5) is 5.95 Å². The number of anilines is 1. The number of esters is 1. The summed E-state index contributed by atoms with van der Waals surface area (Å²) in [5.74, 6) is 1.10. The van der Waals surface area contributed by atoms with Crippen molar-refractivity contribution in [2.45, 2.75) is 57.9 Å². The number of rotatable bonds is 4. The third-order valence-electron chi connectivity index (χ3n) is 8.15. The molecule has 1 aromatic heterocycles. The molecule has 3 aromatic rings. The zero-order valence-corrected chi connectivity index (χ0v) is 20.9. The average molecular weight is 512 g/mol. The number of ether oxygens (including phenoxy) is 1. The zero-order valence-electron chi connectivity index (χ0n) is 19.3. The van der Waals surface area contributed by atoms with Crippen LogP contribution in [0, 0.1) is 11.3 Å². The maximum atomic E-state index is 12.8. The highest BCUT2D eigenvalue weighted by atomic mass is 79.9. The van der Waals surface area contributed by atoms with Gasteiger partial charge in [-0.3, -0.25) is 4.79 Å². The van der Waals surface area contributed by atoms with Gasteiger partial charge in [0.05, 0.1) is 18.0 Å². The van der Waals surface area contributed by atoms with Gasteiger partial charge in [0.1, 0.15) is 11.3 Å². The van der Waals surface area contributed by atoms with Crippen LogP contribution in [0.1, 0.15) is 56.2 Å². The van der Waals surface area contributed by atoms with Crippen LogP contribution in [0.25, 0.3) is 11.0 Å². The number of phenolic OH excluding ortho intramolecular Hbond substituents is 1. The number of hydrogen-bond donors (Lipinski definition) is 3. The molecular weight excluding hydrogens is 482 g/mol. The van der Waals surface area contributed by atoms with Crippen LogP contribution in [-0.2, 0) is 27.9 Å². The zero-order chi connectivity index (χ0) is 23.4. The van der Waals surface area contributed by atoms with E-state index in [1.165, 1.54) is 18.2 Å². The molecule has 1 fully saturated rings. The number of para-hydroxylation sites is 1. The quantitative estimate of drug-likeness (QED) is 0.383. The van der Waals surface area contributed by atoms with E-state index in [9.17, 15) is 9.90 Å². The standard InChI is InChI=1S/C26H30BrN3O3/c1-25-11-6-12-26(2,23(32)33-3)20(25)10-9-16-17(25)13-18(27)22-21(16)29-24(30-22)28-14-15-7-4-5-8-19(15)31/h4-5,7-8,13,20,31H,6,9-12,14H2,1-3H3,(H2,28,29,30)/t20-,25-,26-/m1/s1. The van der Waals surface area contributed by atoms with E-state index in [2.05, 4.69) is 46.1 Å². The monoisotopic (exact) mass is 511 g/mol. The van der Waals surface area contributed by atoms with Gasteiger partial charge in [0.2, 0.25) is 5.95 Å². The molecule has 6 nitrogen and oxygen atoms in total. The first-order chi connectivity index (χ1) is 15.8. The number of nitrogens with zero attached hydrogens (tertiary/aromatic N) is 1. The van der Waals surface area contributed by atoms with Gasteiger partial charge in [0.15, 0.2) is 0 Å². The van der Waals surface area contributed by atoms with Crippen molar-refractivity contribution in [2.75, 3.05) is 12.4 Å². The molecule has 0 radical (unpaired) electrons. The summed E-state index contributed by atoms with van der Waals surface area (Å²) in [7, 11) is 1.50. The predicted molar refractivity (Wildman–Crippen MR) is 132 cm³/mol. The molecule has 0 unspecified atom stereocenters. The lowest BCUT2D eigenvalue weighted by Crippen LogP contribution is -2.52. The van der Waals surface area contributed by atoms with Crippen LogP contribution < -0.4 is 5.32 Å². The number of halogens is 1. The number of carbonyl (C=O) groups excluding carboxylic acids is 1. The normalized spacial score (nSPS) is 26.5. The van der Waals surface area contributed by atoms with Gasteiger partial charge in [-0.15, -0.1) is 0 Å². The SMILES string of the molecule is COC(=O)[C@]1(C)CCC[C@]2(C)c3cc(Br)c4nc(NCc5ccccc5O)[nH]c4c3CC[C@@H]12. The Morgan fingerprint density at radius 1 is 1.33 bits per heavy atom. The van der Waals surface area contributed by atoms with Gasteiger partial charge < -0.3 is 20.1 Å². The van der Waals surface area contributed by atoms with Gasteiger partial charge in [0, 0.05) is 16.6 Å². The highest BCUT2D eigenvalue weighted by molar-refractivity contribution is 9.10. The van der Waals surface area contributed by atoms with E-state index in [1.807, 2.05) is 18.2 Å². The number of imidazole rings is 1. The van der Waals surface area contributed by atoms with E-state index in [-0.39, 0.29) is 23.1 Å². The molecule has 0 bridgehead atoms. The average Bonchev–Trinajstić information content (AvgIpc) is 3.23. The van der Waals surface area contributed by atoms with Crippen molar-refractivity contribution >= 4 is 38.9 Å². The highest BCUT2D eigenvalue weighted by Gasteiger charge is 2.56. The van der Waals surface area contributed by atoms with Crippen LogP contribution in [-0.4, -0.2) is 28.2 Å². The van der Waals surface area contributed by atoms with Crippen LogP contribution in [0.15, 0.2) is 34.8 Å². The second kappa shape index (κ2) is 8.05. The fourth-order valence-electron chi connectivity index (χ4n) is 6.47. The third-order valence-corrected chi connectivity index (χ3v) is 8.75. The summed E-state index contributed by atoms with van der Waals surface area (Å²) in [4.78, 5) is 21.1. The summed E-state index contributed by atoms with van der Waals surface area (Å²) in [6.45, 7) is 4.89. The molecule has 0 spiro atoms. The predicted octanol–water partition coefficient (Wildman–Crippen LogP) is 5.83. The van der Waals surface area contributed by atoms with Crippen molar-refractivity contribution in [3.05, 3.63) is 51.5 Å². The Labute approximate surface area is 202 Å². The number of aryl methyl sites for hydroxylation is 1. The minimum Gasteiger partial charge on any atom is -0.508 e. The molecule has 2 aliphatic carbocycles. The highest BCUT2D eigenvalue weighted by Crippen LogP contribution is 2.58. The largest absolute Gasteiger partial charge is 0.508 e. The Hall–Kier alpha value is -2.54. The maximum Gasteiger partial charge on any atom is 0.311 e. The molecule has 1 heterocycles. The number of fused-ring (bicyclic) bond motifs is 5. The number of aromatic nitrogens is 2. The number of benzene rings is 2. The van der Waals surface area contributed by atoms with E-state index >= 15 is 0 Å². The van der Waals surface area contributed by atoms with Gasteiger partial charge in [-0.1, -0.05) is 31.5 Å². The minimum absolute atomic E-state index is 0.0841. The molecule has 3 N–H and O–H groups in total. The molecule has 2 aromatic carbocycles. The topological polar surface area (TPSA) is 87.2 Å². The first-order valence-corrected chi connectivity index (χ1v) is 12.4. The number of nitrogens with one attached hydrogen (secondary N) is 2. The van der Waals surface area contributed by atoms with Crippen molar-refractivity contribution in [1.29, 1.82) is 0 Å². The van der Waals surface area contributed by atoms with Gasteiger partial charge in [0.25, 0.3) is 0 Å². The van der Waals surface area contributed by atoms with Gasteiger partial charge >= 0.3 is 5.97 Å². The van der Waals surface area contributed by atoms with Crippen LogP contribution in [0.5, 0.6) is 5.75 Å². The van der Waals surface area contributed by atoms with E-state index in [0.29, 0.717) is 12.5 Å². The van der Waals surface area contributed by atoms with Gasteiger partial charge in [-0.25, -0.2) is 4.98 Å². The lowest BCUT2D eigenvalue weighted by molar-refractivity contribution is -0.161. The molecule has 3 atom stereocenters. The van der Waals surface area contributed by atoms with Crippen LogP contribution >= 0.6 is 15.9 Å². The molecule has 174 valence electrons. The molecule has 0 aliphatic heterocycles. The fourth-order valence-corrected chi connectivity index (χ4v) is 6.99. The van der Waals surface area contributed by atoms with E-state index in [1.54, 1.807) is 6.07 Å². The van der Waals surface area contributed by atoms with E-state index < -0.39 is 5.41 Å². The summed E-state index contributed by atoms with van der Waals surface area (Å²) in [5.41, 5.74) is 4.82. The van der Waals surface area contributed by atoms with E-state index in [4.69, 9.17) is 9.72 Å². The number of carbonyl (C=O) groups is 1. The molecule has 0 amide bonds. The molecule has 33 heavy (non-hydrogen) atoms. The minimum atomic E-state index is -0.459. The molecule has 2 aliphatic rings. The summed E-state index contributed by atoms with van der Waals surface area (Å²) in [6, 6.07) is 9.52. The summed E-state index contributed by atoms with van der Waals surface area (Å²) < 4.78 is 6.21. The number of aromatic hydroxyl groups is 1. The molecule has 0 saturated heterocycles. The number of hydrogen-bond acceptors (Lipinski definition) is 5. The van der Waals surface area contributed by atoms with Crippen LogP contribution in [0.3, 0.4) is 0 Å². The number of aromatic amines is 1. The summed E-state index contributed by atoms with van der Waals surface area (Å²) in [6.07, 6.45) is 4.79. The van der Waals surface area contributed by atoms with Crippen molar-refractivity contribution in [2.24, 2.45) is 11.3 Å². The van der Waals surface area contributed by atoms with Crippen molar-refractivity contribution in [3.63, 3.8) is 0 Å². The lowest BCUT2D eigenvalue weighted by atomic mass is 9.50. The maximum absolute atomic E-state index is 12.8. The van der Waals surface area contributed by atoms with Crippen LogP contribution in [0.2, 0.25) is 0 Å². The van der Waals surface area contributed by atoms with Crippen molar-refractivity contribution in [3.8, 4) is 5.75 Å². The summed E-state index contributed by atoms with van der Waals surface area (Å²) in [5, 5.41) is 13.4. The smallest absolute Gasteiger partial charge is 0.311 e. The molecule has 7 heteroatoms. The molecule has 1 saturated carbocycles. The number of methoxy groups -OCH3 is 1. The second-order valence-electron chi connectivity index (χ2n) is 9.95. The second-order valence-corrected chi connectivity index (χ2v) is 10.8. The summed E-state index contributed by atoms with van der Waals surface area (Å²) >= 11 is 3.77. The molecule has 5 rings (SSSR count). The first kappa shape index (κ1) is 22.3. The first-order valence-electron chi connectivity index (χ1n) is 11.6.